The molecule has 0 radical (unpaired) electrons. The molecule has 114 valence electrons. The number of rotatable bonds is 9. The van der Waals surface area contributed by atoms with Gasteiger partial charge in [0.2, 0.25) is 5.43 Å². The predicted octanol–water partition coefficient (Wildman–Crippen LogP) is 1.82. The van der Waals surface area contributed by atoms with Crippen molar-refractivity contribution in [2.75, 3.05) is 27.3 Å². The van der Waals surface area contributed by atoms with E-state index in [1.54, 1.807) is 7.11 Å². The van der Waals surface area contributed by atoms with Crippen LogP contribution in [0.25, 0.3) is 0 Å². The van der Waals surface area contributed by atoms with Gasteiger partial charge >= 0.3 is 0 Å². The Kier molecular flexibility index (Phi) is 7.33. The molecule has 0 amide bonds. The van der Waals surface area contributed by atoms with Gasteiger partial charge in [0.15, 0.2) is 5.75 Å². The zero-order valence-corrected chi connectivity index (χ0v) is 12.8. The summed E-state index contributed by atoms with van der Waals surface area (Å²) in [6.07, 6.45) is 4.68. The van der Waals surface area contributed by atoms with Crippen molar-refractivity contribution >= 4 is 0 Å². The van der Waals surface area contributed by atoms with Gasteiger partial charge in [-0.25, -0.2) is 0 Å². The summed E-state index contributed by atoms with van der Waals surface area (Å²) in [4.78, 5) is 13.8. The van der Waals surface area contributed by atoms with Crippen molar-refractivity contribution in [3.05, 3.63) is 28.2 Å². The third-order valence-electron chi connectivity index (χ3n) is 3.27. The van der Waals surface area contributed by atoms with E-state index in [9.17, 15) is 9.90 Å². The molecule has 0 spiro atoms. The zero-order chi connectivity index (χ0) is 15.0. The van der Waals surface area contributed by atoms with Crippen LogP contribution in [0.15, 0.2) is 17.1 Å². The fraction of sp³-hybridized carbons (Fsp3) is 0.667. The van der Waals surface area contributed by atoms with E-state index in [4.69, 9.17) is 4.74 Å². The van der Waals surface area contributed by atoms with Gasteiger partial charge < -0.3 is 19.3 Å². The van der Waals surface area contributed by atoms with Crippen LogP contribution in [0.1, 0.15) is 31.9 Å². The summed E-state index contributed by atoms with van der Waals surface area (Å²) in [5.74, 6) is -0.192. The first-order valence-electron chi connectivity index (χ1n) is 7.18. The van der Waals surface area contributed by atoms with Gasteiger partial charge in [0.1, 0.15) is 0 Å². The third-order valence-corrected chi connectivity index (χ3v) is 3.27. The number of hydrogen-bond donors (Lipinski definition) is 1. The minimum absolute atomic E-state index is 0.192. The number of ether oxygens (including phenoxy) is 1. The van der Waals surface area contributed by atoms with Crippen LogP contribution in [-0.2, 0) is 17.8 Å². The Balaban J connectivity index is 2.80. The topological polar surface area (TPSA) is 54.7 Å². The van der Waals surface area contributed by atoms with Crippen molar-refractivity contribution in [1.82, 2.24) is 9.47 Å². The first-order valence-corrected chi connectivity index (χ1v) is 7.18. The molecule has 0 atom stereocenters. The Morgan fingerprint density at radius 2 is 2.15 bits per heavy atom. The van der Waals surface area contributed by atoms with E-state index in [0.717, 1.165) is 38.0 Å². The minimum atomic E-state index is -0.313. The molecule has 0 aromatic carbocycles. The van der Waals surface area contributed by atoms with Gasteiger partial charge in [0, 0.05) is 38.6 Å². The lowest BCUT2D eigenvalue weighted by Gasteiger charge is -2.20. The Morgan fingerprint density at radius 1 is 1.40 bits per heavy atom. The van der Waals surface area contributed by atoms with Crippen LogP contribution < -0.4 is 5.43 Å². The number of unbranched alkanes of at least 4 members (excludes halogenated alkanes) is 1. The van der Waals surface area contributed by atoms with Gasteiger partial charge in [-0.1, -0.05) is 13.3 Å². The zero-order valence-electron chi connectivity index (χ0n) is 12.8. The van der Waals surface area contributed by atoms with Gasteiger partial charge in [-0.3, -0.25) is 4.79 Å². The molecular formula is C15H26N2O3. The normalized spacial score (nSPS) is 11.2. The highest BCUT2D eigenvalue weighted by molar-refractivity contribution is 5.20. The molecule has 0 unspecified atom stereocenters. The molecule has 1 aromatic heterocycles. The molecule has 1 N–H and O–H groups in total. The van der Waals surface area contributed by atoms with Crippen molar-refractivity contribution in [3.8, 4) is 5.75 Å². The number of aryl methyl sites for hydroxylation is 1. The van der Waals surface area contributed by atoms with Gasteiger partial charge in [0.05, 0.1) is 6.20 Å². The van der Waals surface area contributed by atoms with E-state index in [1.807, 2.05) is 11.6 Å². The average molecular weight is 282 g/mol. The van der Waals surface area contributed by atoms with Gasteiger partial charge in [-0.05, 0) is 26.4 Å². The standard InChI is InChI=1S/C15H26N2O3/c1-4-5-7-16(2)11-13-10-14(18)15(19)12-17(13)8-6-9-20-3/h10,12,19H,4-9,11H2,1-3H3. The maximum absolute atomic E-state index is 11.6. The Bertz CT molecular complexity index is 457. The lowest BCUT2D eigenvalue weighted by atomic mass is 10.2. The molecule has 20 heavy (non-hydrogen) atoms. The molecule has 1 rings (SSSR count). The number of hydrogen-bond acceptors (Lipinski definition) is 4. The van der Waals surface area contributed by atoms with Crippen LogP contribution >= 0.6 is 0 Å². The summed E-state index contributed by atoms with van der Waals surface area (Å²) in [6.45, 7) is 5.28. The van der Waals surface area contributed by atoms with Crippen molar-refractivity contribution in [3.63, 3.8) is 0 Å². The van der Waals surface area contributed by atoms with Crippen LogP contribution in [0.5, 0.6) is 5.75 Å². The minimum Gasteiger partial charge on any atom is -0.503 e. The predicted molar refractivity (Wildman–Crippen MR) is 80.1 cm³/mol. The highest BCUT2D eigenvalue weighted by atomic mass is 16.5. The number of aromatic nitrogens is 1. The van der Waals surface area contributed by atoms with Crippen LogP contribution in [0.2, 0.25) is 0 Å². The van der Waals surface area contributed by atoms with Crippen molar-refractivity contribution in [2.24, 2.45) is 0 Å². The second-order valence-electron chi connectivity index (χ2n) is 5.15. The third kappa shape index (κ3) is 5.35. The molecule has 0 aliphatic carbocycles. The molecule has 0 saturated carbocycles. The summed E-state index contributed by atoms with van der Waals surface area (Å²) < 4.78 is 6.99. The highest BCUT2D eigenvalue weighted by Gasteiger charge is 2.08. The van der Waals surface area contributed by atoms with Crippen molar-refractivity contribution < 1.29 is 9.84 Å². The molecule has 0 aliphatic heterocycles. The SMILES string of the molecule is CCCCN(C)Cc1cc(=O)c(O)cn1CCCOC. The van der Waals surface area contributed by atoms with E-state index in [2.05, 4.69) is 11.8 Å². The molecule has 1 aromatic rings. The molecule has 5 heteroatoms. The Hall–Kier alpha value is -1.33. The number of aromatic hydroxyl groups is 1. The summed E-state index contributed by atoms with van der Waals surface area (Å²) >= 11 is 0. The van der Waals surface area contributed by atoms with Crippen LogP contribution in [0, 0.1) is 0 Å². The van der Waals surface area contributed by atoms with E-state index in [-0.39, 0.29) is 11.2 Å². The fourth-order valence-electron chi connectivity index (χ4n) is 2.11. The first-order chi connectivity index (χ1) is 9.58. The Morgan fingerprint density at radius 3 is 2.80 bits per heavy atom. The summed E-state index contributed by atoms with van der Waals surface area (Å²) in [5, 5.41) is 9.58. The summed E-state index contributed by atoms with van der Waals surface area (Å²) in [7, 11) is 3.72. The molecule has 0 bridgehead atoms. The number of pyridine rings is 1. The van der Waals surface area contributed by atoms with Gasteiger partial charge in [0.25, 0.3) is 0 Å². The molecule has 0 fully saturated rings. The van der Waals surface area contributed by atoms with Crippen LogP contribution in [-0.4, -0.2) is 41.9 Å². The molecule has 0 aliphatic rings. The number of methoxy groups -OCH3 is 1. The summed E-state index contributed by atoms with van der Waals surface area (Å²) in [6, 6.07) is 1.53. The number of nitrogens with zero attached hydrogens (tertiary/aromatic N) is 2. The van der Waals surface area contributed by atoms with Crippen molar-refractivity contribution in [2.45, 2.75) is 39.3 Å². The van der Waals surface area contributed by atoms with Gasteiger partial charge in [-0.15, -0.1) is 0 Å². The second kappa shape index (κ2) is 8.76. The highest BCUT2D eigenvalue weighted by Crippen LogP contribution is 2.09. The fourth-order valence-corrected chi connectivity index (χ4v) is 2.11. The lowest BCUT2D eigenvalue weighted by molar-refractivity contribution is 0.189. The van der Waals surface area contributed by atoms with E-state index < -0.39 is 0 Å². The van der Waals surface area contributed by atoms with E-state index >= 15 is 0 Å². The van der Waals surface area contributed by atoms with Crippen LogP contribution in [0.3, 0.4) is 0 Å². The summed E-state index contributed by atoms with van der Waals surface area (Å²) in [5.41, 5.74) is 0.620. The van der Waals surface area contributed by atoms with E-state index in [1.165, 1.54) is 12.3 Å². The maximum Gasteiger partial charge on any atom is 0.223 e. The largest absolute Gasteiger partial charge is 0.503 e. The van der Waals surface area contributed by atoms with Crippen molar-refractivity contribution in [1.29, 1.82) is 0 Å². The second-order valence-corrected chi connectivity index (χ2v) is 5.15. The van der Waals surface area contributed by atoms with Crippen LogP contribution in [0.4, 0.5) is 0 Å². The quantitative estimate of drug-likeness (QED) is 0.702. The maximum atomic E-state index is 11.6. The molecular weight excluding hydrogens is 256 g/mol. The first kappa shape index (κ1) is 16.7. The lowest BCUT2D eigenvalue weighted by Crippen LogP contribution is -2.23. The molecule has 1 heterocycles. The monoisotopic (exact) mass is 282 g/mol. The molecule has 0 saturated heterocycles. The molecule has 5 nitrogen and oxygen atoms in total. The smallest absolute Gasteiger partial charge is 0.223 e. The van der Waals surface area contributed by atoms with Gasteiger partial charge in [-0.2, -0.15) is 0 Å². The average Bonchev–Trinajstić information content (AvgIpc) is 2.42. The Labute approximate surface area is 120 Å². The van der Waals surface area contributed by atoms with E-state index in [0.29, 0.717) is 13.2 Å².